The molecule has 2 rings (SSSR count). The highest BCUT2D eigenvalue weighted by molar-refractivity contribution is 5.27. The van der Waals surface area contributed by atoms with E-state index in [0.717, 1.165) is 18.4 Å². The van der Waals surface area contributed by atoms with Gasteiger partial charge >= 0.3 is 0 Å². The van der Waals surface area contributed by atoms with Crippen molar-refractivity contribution < 1.29 is 9.13 Å². The van der Waals surface area contributed by atoms with Crippen molar-refractivity contribution in [3.8, 4) is 5.75 Å². The molecule has 0 aliphatic heterocycles. The highest BCUT2D eigenvalue weighted by atomic mass is 19.1. The fraction of sp³-hybridized carbons (Fsp3) is 0.333. The average Bonchev–Trinajstić information content (AvgIpc) is 2.51. The van der Waals surface area contributed by atoms with E-state index in [2.05, 4.69) is 36.5 Å². The number of hydrogen-bond donors (Lipinski definition) is 1. The van der Waals surface area contributed by atoms with Crippen LogP contribution in [0.3, 0.4) is 0 Å². The fourth-order valence-corrected chi connectivity index (χ4v) is 2.29. The molecule has 2 nitrogen and oxygen atoms in total. The first-order valence-corrected chi connectivity index (χ1v) is 7.38. The van der Waals surface area contributed by atoms with Gasteiger partial charge in [-0.15, -0.1) is 0 Å². The zero-order valence-electron chi connectivity index (χ0n) is 12.6. The molecule has 3 heteroatoms. The van der Waals surface area contributed by atoms with Crippen molar-refractivity contribution in [1.29, 1.82) is 0 Å². The summed E-state index contributed by atoms with van der Waals surface area (Å²) in [6.45, 7) is 2.57. The molecule has 2 aromatic carbocycles. The second kappa shape index (κ2) is 7.79. The molecule has 0 saturated carbocycles. The Morgan fingerprint density at radius 1 is 1.10 bits per heavy atom. The lowest BCUT2D eigenvalue weighted by Crippen LogP contribution is -2.23. The number of aryl methyl sites for hydroxylation is 1. The Labute approximate surface area is 126 Å². The molecule has 2 aromatic rings. The van der Waals surface area contributed by atoms with Gasteiger partial charge in [0.1, 0.15) is 6.61 Å². The van der Waals surface area contributed by atoms with Gasteiger partial charge in [0.2, 0.25) is 0 Å². The van der Waals surface area contributed by atoms with E-state index in [1.807, 2.05) is 7.05 Å². The van der Waals surface area contributed by atoms with Crippen LogP contribution in [-0.4, -0.2) is 13.7 Å². The van der Waals surface area contributed by atoms with Crippen LogP contribution in [0.2, 0.25) is 0 Å². The monoisotopic (exact) mass is 287 g/mol. The SMILES string of the molecule is CCCc1ccc(C(COc2ccccc2F)NC)cc1. The van der Waals surface area contributed by atoms with Gasteiger partial charge in [0.25, 0.3) is 0 Å². The van der Waals surface area contributed by atoms with E-state index in [0.29, 0.717) is 12.4 Å². The molecule has 0 aromatic heterocycles. The predicted molar refractivity (Wildman–Crippen MR) is 84.1 cm³/mol. The Hall–Kier alpha value is -1.87. The number of ether oxygens (including phenoxy) is 1. The molecule has 1 atom stereocenters. The Balaban J connectivity index is 2.01. The van der Waals surface area contributed by atoms with Crippen molar-refractivity contribution in [2.45, 2.75) is 25.8 Å². The number of benzene rings is 2. The Morgan fingerprint density at radius 2 is 1.81 bits per heavy atom. The third-order valence-electron chi connectivity index (χ3n) is 3.51. The molecule has 0 bridgehead atoms. The third kappa shape index (κ3) is 4.30. The van der Waals surface area contributed by atoms with Gasteiger partial charge < -0.3 is 10.1 Å². The number of para-hydroxylation sites is 1. The van der Waals surface area contributed by atoms with E-state index in [-0.39, 0.29) is 11.9 Å². The Bertz CT molecular complexity index is 553. The first-order valence-electron chi connectivity index (χ1n) is 7.38. The predicted octanol–water partition coefficient (Wildman–Crippen LogP) is 4.12. The minimum absolute atomic E-state index is 0.0419. The molecule has 0 heterocycles. The van der Waals surface area contributed by atoms with Crippen molar-refractivity contribution in [3.05, 3.63) is 65.5 Å². The van der Waals surface area contributed by atoms with Crippen molar-refractivity contribution in [2.75, 3.05) is 13.7 Å². The summed E-state index contributed by atoms with van der Waals surface area (Å²) in [6, 6.07) is 15.0. The number of halogens is 1. The van der Waals surface area contributed by atoms with E-state index in [1.165, 1.54) is 11.6 Å². The number of hydrogen-bond acceptors (Lipinski definition) is 2. The lowest BCUT2D eigenvalue weighted by Gasteiger charge is -2.18. The minimum atomic E-state index is -0.328. The molecule has 0 aliphatic rings. The smallest absolute Gasteiger partial charge is 0.165 e. The van der Waals surface area contributed by atoms with Crippen LogP contribution in [0.25, 0.3) is 0 Å². The second-order valence-corrected chi connectivity index (χ2v) is 5.07. The first-order chi connectivity index (χ1) is 10.2. The molecule has 0 spiro atoms. The maximum atomic E-state index is 13.5. The van der Waals surface area contributed by atoms with Crippen molar-refractivity contribution in [1.82, 2.24) is 5.32 Å². The van der Waals surface area contributed by atoms with Gasteiger partial charge in [-0.1, -0.05) is 49.7 Å². The lowest BCUT2D eigenvalue weighted by atomic mass is 10.0. The molecular weight excluding hydrogens is 265 g/mol. The van der Waals surface area contributed by atoms with Crippen LogP contribution in [0.4, 0.5) is 4.39 Å². The van der Waals surface area contributed by atoms with Crippen LogP contribution >= 0.6 is 0 Å². The van der Waals surface area contributed by atoms with Crippen LogP contribution in [0.15, 0.2) is 48.5 Å². The first kappa shape index (κ1) is 15.5. The van der Waals surface area contributed by atoms with Crippen LogP contribution < -0.4 is 10.1 Å². The quantitative estimate of drug-likeness (QED) is 0.827. The topological polar surface area (TPSA) is 21.3 Å². The largest absolute Gasteiger partial charge is 0.489 e. The molecule has 0 saturated heterocycles. The second-order valence-electron chi connectivity index (χ2n) is 5.07. The van der Waals surface area contributed by atoms with E-state index in [9.17, 15) is 4.39 Å². The van der Waals surface area contributed by atoms with E-state index < -0.39 is 0 Å². The van der Waals surface area contributed by atoms with Crippen LogP contribution in [-0.2, 0) is 6.42 Å². The molecule has 0 aliphatic carbocycles. The summed E-state index contributed by atoms with van der Waals surface area (Å²) in [6.07, 6.45) is 2.24. The highest BCUT2D eigenvalue weighted by Gasteiger charge is 2.11. The minimum Gasteiger partial charge on any atom is -0.489 e. The maximum Gasteiger partial charge on any atom is 0.165 e. The lowest BCUT2D eigenvalue weighted by molar-refractivity contribution is 0.261. The summed E-state index contributed by atoms with van der Waals surface area (Å²) in [5.74, 6) is -0.0361. The third-order valence-corrected chi connectivity index (χ3v) is 3.51. The van der Waals surface area contributed by atoms with E-state index in [4.69, 9.17) is 4.74 Å². The average molecular weight is 287 g/mol. The molecule has 21 heavy (non-hydrogen) atoms. The molecular formula is C18H22FNO. The molecule has 1 unspecified atom stereocenters. The van der Waals surface area contributed by atoms with Crippen molar-refractivity contribution in [3.63, 3.8) is 0 Å². The summed E-state index contributed by atoms with van der Waals surface area (Å²) >= 11 is 0. The fourth-order valence-electron chi connectivity index (χ4n) is 2.29. The van der Waals surface area contributed by atoms with Gasteiger partial charge in [0.15, 0.2) is 11.6 Å². The van der Waals surface area contributed by atoms with Gasteiger partial charge in [-0.25, -0.2) is 4.39 Å². The summed E-state index contributed by atoms with van der Waals surface area (Å²) in [5.41, 5.74) is 2.49. The van der Waals surface area contributed by atoms with Gasteiger partial charge in [0, 0.05) is 0 Å². The molecule has 0 radical (unpaired) electrons. The highest BCUT2D eigenvalue weighted by Crippen LogP contribution is 2.19. The summed E-state index contributed by atoms with van der Waals surface area (Å²) < 4.78 is 19.1. The van der Waals surface area contributed by atoms with Gasteiger partial charge in [-0.2, -0.15) is 0 Å². The van der Waals surface area contributed by atoms with E-state index in [1.54, 1.807) is 18.2 Å². The molecule has 112 valence electrons. The molecule has 0 fully saturated rings. The maximum absolute atomic E-state index is 13.5. The van der Waals surface area contributed by atoms with Crippen molar-refractivity contribution >= 4 is 0 Å². The summed E-state index contributed by atoms with van der Waals surface area (Å²) in [7, 11) is 1.88. The zero-order valence-corrected chi connectivity index (χ0v) is 12.6. The van der Waals surface area contributed by atoms with Crippen LogP contribution in [0.5, 0.6) is 5.75 Å². The van der Waals surface area contributed by atoms with E-state index >= 15 is 0 Å². The standard InChI is InChI=1S/C18H22FNO/c1-3-6-14-9-11-15(12-10-14)17(20-2)13-21-18-8-5-4-7-16(18)19/h4-5,7-12,17,20H,3,6,13H2,1-2H3. The van der Waals surface area contributed by atoms with Gasteiger partial charge in [-0.05, 0) is 36.7 Å². The zero-order chi connectivity index (χ0) is 15.1. The normalized spacial score (nSPS) is 12.1. The molecule has 1 N–H and O–H groups in total. The number of likely N-dealkylation sites (N-methyl/N-ethyl adjacent to an activating group) is 1. The Kier molecular flexibility index (Phi) is 5.76. The van der Waals surface area contributed by atoms with Gasteiger partial charge in [-0.3, -0.25) is 0 Å². The number of nitrogens with one attached hydrogen (secondary N) is 1. The summed E-state index contributed by atoms with van der Waals surface area (Å²) in [5, 5.41) is 3.21. The number of rotatable bonds is 7. The Morgan fingerprint density at radius 3 is 2.43 bits per heavy atom. The van der Waals surface area contributed by atoms with Crippen LogP contribution in [0.1, 0.15) is 30.5 Å². The van der Waals surface area contributed by atoms with Gasteiger partial charge in [0.05, 0.1) is 6.04 Å². The molecule has 0 amide bonds. The van der Waals surface area contributed by atoms with Crippen LogP contribution in [0, 0.1) is 5.82 Å². The van der Waals surface area contributed by atoms with Crippen molar-refractivity contribution in [2.24, 2.45) is 0 Å². The summed E-state index contributed by atoms with van der Waals surface area (Å²) in [4.78, 5) is 0.